The average Bonchev–Trinajstić information content (AvgIpc) is 2.41. The van der Waals surface area contributed by atoms with Crippen molar-refractivity contribution >= 4 is 39.5 Å². The number of halogens is 2. The number of carbonyl (C=O) groups is 2. The number of hydrogen-bond acceptors (Lipinski definition) is 5. The number of aliphatic hydroxyl groups excluding tert-OH is 1. The van der Waals surface area contributed by atoms with Gasteiger partial charge in [-0.1, -0.05) is 11.6 Å². The van der Waals surface area contributed by atoms with Gasteiger partial charge in [-0.15, -0.1) is 0 Å². The van der Waals surface area contributed by atoms with Crippen molar-refractivity contribution in [2.45, 2.75) is 0 Å². The number of carboxylic acids is 2. The highest BCUT2D eigenvalue weighted by atomic mass is 79.9. The first-order chi connectivity index (χ1) is 9.88. The van der Waals surface area contributed by atoms with E-state index in [4.69, 9.17) is 41.2 Å². The minimum absolute atomic E-state index is 0.143. The van der Waals surface area contributed by atoms with Crippen LogP contribution < -0.4 is 10.1 Å². The van der Waals surface area contributed by atoms with Crippen LogP contribution in [0.2, 0.25) is 5.02 Å². The van der Waals surface area contributed by atoms with Crippen molar-refractivity contribution in [3.05, 3.63) is 27.7 Å². The SMILES string of the molecule is O=C(O)C(=O)O.OCCNCCOc1ccc(Cl)cc1Br. The number of ether oxygens (including phenoxy) is 1. The summed E-state index contributed by atoms with van der Waals surface area (Å²) in [5.74, 6) is -2.88. The number of benzene rings is 1. The Morgan fingerprint density at radius 3 is 2.33 bits per heavy atom. The van der Waals surface area contributed by atoms with Crippen molar-refractivity contribution in [3.63, 3.8) is 0 Å². The first-order valence-corrected chi connectivity index (χ1v) is 6.91. The highest BCUT2D eigenvalue weighted by Gasteiger charge is 2.04. The number of hydrogen-bond donors (Lipinski definition) is 4. The summed E-state index contributed by atoms with van der Waals surface area (Å²) in [6, 6.07) is 5.39. The van der Waals surface area contributed by atoms with E-state index < -0.39 is 11.9 Å². The Kier molecular flexibility index (Phi) is 10.6. The number of aliphatic carboxylic acids is 2. The van der Waals surface area contributed by atoms with Crippen LogP contribution in [-0.2, 0) is 9.59 Å². The fourth-order valence-electron chi connectivity index (χ4n) is 1.03. The second-order valence-electron chi connectivity index (χ2n) is 3.51. The van der Waals surface area contributed by atoms with Gasteiger partial charge >= 0.3 is 11.9 Å². The molecule has 9 heteroatoms. The van der Waals surface area contributed by atoms with Crippen molar-refractivity contribution in [3.8, 4) is 5.75 Å². The summed E-state index contributed by atoms with van der Waals surface area (Å²) in [4.78, 5) is 18.2. The average molecular weight is 385 g/mol. The number of carboxylic acid groups (broad SMARTS) is 2. The van der Waals surface area contributed by atoms with Crippen molar-refractivity contribution < 1.29 is 29.6 Å². The van der Waals surface area contributed by atoms with Crippen molar-refractivity contribution in [2.75, 3.05) is 26.3 Å². The summed E-state index contributed by atoms with van der Waals surface area (Å²) < 4.78 is 6.33. The lowest BCUT2D eigenvalue weighted by Crippen LogP contribution is -2.24. The highest BCUT2D eigenvalue weighted by molar-refractivity contribution is 9.10. The minimum Gasteiger partial charge on any atom is -0.491 e. The molecule has 0 unspecified atom stereocenters. The Balaban J connectivity index is 0.000000567. The lowest BCUT2D eigenvalue weighted by molar-refractivity contribution is -0.159. The summed E-state index contributed by atoms with van der Waals surface area (Å²) >= 11 is 9.15. The van der Waals surface area contributed by atoms with Gasteiger partial charge in [0.25, 0.3) is 0 Å². The summed E-state index contributed by atoms with van der Waals surface area (Å²) in [5, 5.41) is 27.0. The van der Waals surface area contributed by atoms with E-state index in [9.17, 15) is 0 Å². The van der Waals surface area contributed by atoms with Gasteiger partial charge in [0.2, 0.25) is 0 Å². The van der Waals surface area contributed by atoms with E-state index in [2.05, 4.69) is 21.2 Å². The first kappa shape index (κ1) is 19.7. The Morgan fingerprint density at radius 2 is 1.86 bits per heavy atom. The van der Waals surface area contributed by atoms with Gasteiger partial charge < -0.3 is 25.4 Å². The molecule has 118 valence electrons. The molecule has 21 heavy (non-hydrogen) atoms. The molecular formula is C12H15BrClNO6. The van der Waals surface area contributed by atoms with Gasteiger partial charge in [0, 0.05) is 18.1 Å². The third kappa shape index (κ3) is 10.1. The predicted octanol–water partition coefficient (Wildman–Crippen LogP) is 1.22. The largest absolute Gasteiger partial charge is 0.491 e. The predicted molar refractivity (Wildman–Crippen MR) is 79.9 cm³/mol. The fourth-order valence-corrected chi connectivity index (χ4v) is 1.83. The molecule has 0 radical (unpaired) electrons. The zero-order valence-corrected chi connectivity index (χ0v) is 13.2. The van der Waals surface area contributed by atoms with Crippen LogP contribution in [0.4, 0.5) is 0 Å². The van der Waals surface area contributed by atoms with Crippen molar-refractivity contribution in [1.82, 2.24) is 5.32 Å². The fraction of sp³-hybridized carbons (Fsp3) is 0.333. The number of nitrogens with one attached hydrogen (secondary N) is 1. The lowest BCUT2D eigenvalue weighted by Gasteiger charge is -2.08. The molecule has 0 amide bonds. The molecular weight excluding hydrogens is 369 g/mol. The quantitative estimate of drug-likeness (QED) is 0.430. The second kappa shape index (κ2) is 11.3. The lowest BCUT2D eigenvalue weighted by atomic mass is 10.3. The maximum absolute atomic E-state index is 9.10. The van der Waals surface area contributed by atoms with E-state index in [0.29, 0.717) is 24.7 Å². The van der Waals surface area contributed by atoms with Crippen LogP contribution in [0.5, 0.6) is 5.75 Å². The smallest absolute Gasteiger partial charge is 0.414 e. The highest BCUT2D eigenvalue weighted by Crippen LogP contribution is 2.27. The van der Waals surface area contributed by atoms with Gasteiger partial charge in [-0.25, -0.2) is 9.59 Å². The van der Waals surface area contributed by atoms with Gasteiger partial charge in [-0.2, -0.15) is 0 Å². The standard InChI is InChI=1S/C10H13BrClNO2.C2H2O4/c11-9-7-8(12)1-2-10(9)15-6-4-13-3-5-14;3-1(4)2(5)6/h1-2,7,13-14H,3-6H2;(H,3,4)(H,5,6). The minimum atomic E-state index is -1.82. The van der Waals surface area contributed by atoms with Crippen LogP contribution in [0.3, 0.4) is 0 Å². The van der Waals surface area contributed by atoms with Crippen LogP contribution in [0, 0.1) is 0 Å². The molecule has 0 aliphatic heterocycles. The number of rotatable bonds is 6. The maximum Gasteiger partial charge on any atom is 0.414 e. The van der Waals surface area contributed by atoms with E-state index in [-0.39, 0.29) is 6.61 Å². The molecule has 0 heterocycles. The van der Waals surface area contributed by atoms with Crippen LogP contribution in [0.25, 0.3) is 0 Å². The van der Waals surface area contributed by atoms with Crippen molar-refractivity contribution in [2.24, 2.45) is 0 Å². The summed E-state index contributed by atoms with van der Waals surface area (Å²) in [6.45, 7) is 1.99. The molecule has 0 saturated carbocycles. The first-order valence-electron chi connectivity index (χ1n) is 5.74. The molecule has 0 aliphatic rings. The molecule has 1 rings (SSSR count). The third-order valence-corrected chi connectivity index (χ3v) is 2.76. The third-order valence-electron chi connectivity index (χ3n) is 1.90. The van der Waals surface area contributed by atoms with Gasteiger partial charge in [-0.05, 0) is 34.1 Å². The zero-order valence-electron chi connectivity index (χ0n) is 10.9. The van der Waals surface area contributed by atoms with Gasteiger partial charge in [-0.3, -0.25) is 0 Å². The normalized spacial score (nSPS) is 9.48. The van der Waals surface area contributed by atoms with Gasteiger partial charge in [0.05, 0.1) is 11.1 Å². The van der Waals surface area contributed by atoms with Crippen molar-refractivity contribution in [1.29, 1.82) is 0 Å². The van der Waals surface area contributed by atoms with Crippen LogP contribution in [0.1, 0.15) is 0 Å². The van der Waals surface area contributed by atoms with E-state index in [1.54, 1.807) is 12.1 Å². The number of aliphatic hydroxyl groups is 1. The van der Waals surface area contributed by atoms with E-state index in [0.717, 1.165) is 10.2 Å². The molecule has 0 saturated heterocycles. The molecule has 0 bridgehead atoms. The molecule has 1 aromatic carbocycles. The zero-order chi connectivity index (χ0) is 16.3. The molecule has 4 N–H and O–H groups in total. The molecule has 7 nitrogen and oxygen atoms in total. The van der Waals surface area contributed by atoms with E-state index >= 15 is 0 Å². The Bertz CT molecular complexity index is 459. The molecule has 0 aliphatic carbocycles. The van der Waals surface area contributed by atoms with Gasteiger partial charge in [0.1, 0.15) is 12.4 Å². The summed E-state index contributed by atoms with van der Waals surface area (Å²) in [7, 11) is 0. The second-order valence-corrected chi connectivity index (χ2v) is 4.80. The molecule has 0 aromatic heterocycles. The van der Waals surface area contributed by atoms with Crippen LogP contribution >= 0.6 is 27.5 Å². The van der Waals surface area contributed by atoms with Gasteiger partial charge in [0.15, 0.2) is 0 Å². The molecule has 0 spiro atoms. The Hall–Kier alpha value is -1.35. The van der Waals surface area contributed by atoms with Crippen LogP contribution in [0.15, 0.2) is 22.7 Å². The van der Waals surface area contributed by atoms with Crippen LogP contribution in [-0.4, -0.2) is 53.6 Å². The Labute approximate surface area is 134 Å². The summed E-state index contributed by atoms with van der Waals surface area (Å²) in [5.41, 5.74) is 0. The molecule has 1 aromatic rings. The monoisotopic (exact) mass is 383 g/mol. The molecule has 0 atom stereocenters. The van der Waals surface area contributed by atoms with E-state index in [1.807, 2.05) is 6.07 Å². The maximum atomic E-state index is 9.10. The summed E-state index contributed by atoms with van der Waals surface area (Å²) in [6.07, 6.45) is 0. The van der Waals surface area contributed by atoms with E-state index in [1.165, 1.54) is 0 Å². The Morgan fingerprint density at radius 1 is 1.24 bits per heavy atom. The molecule has 0 fully saturated rings. The topological polar surface area (TPSA) is 116 Å².